The normalized spacial score (nSPS) is 20.0. The molecule has 9 heteroatoms. The molecule has 1 fully saturated rings. The van der Waals surface area contributed by atoms with Gasteiger partial charge >= 0.3 is 0 Å². The van der Waals surface area contributed by atoms with Crippen LogP contribution in [-0.4, -0.2) is 87.5 Å². The Kier molecular flexibility index (Phi) is 44.6. The minimum absolute atomic E-state index is 0.185. The Morgan fingerprint density at radius 1 is 0.500 bits per heavy atom. The lowest BCUT2D eigenvalue weighted by atomic mass is 9.99. The number of nitrogens with one attached hydrogen (secondary N) is 1. The van der Waals surface area contributed by atoms with Crippen molar-refractivity contribution in [3.63, 3.8) is 0 Å². The van der Waals surface area contributed by atoms with E-state index in [0.717, 1.165) is 38.5 Å². The van der Waals surface area contributed by atoms with Crippen LogP contribution in [0.15, 0.2) is 36.5 Å². The van der Waals surface area contributed by atoms with Gasteiger partial charge in [0, 0.05) is 6.42 Å². The van der Waals surface area contributed by atoms with Gasteiger partial charge in [-0.15, -0.1) is 0 Å². The first-order valence-electron chi connectivity index (χ1n) is 28.2. The zero-order valence-corrected chi connectivity index (χ0v) is 43.0. The van der Waals surface area contributed by atoms with Crippen LogP contribution in [0, 0.1) is 0 Å². The Morgan fingerprint density at radius 2 is 0.864 bits per heavy atom. The predicted octanol–water partition coefficient (Wildman–Crippen LogP) is 13.6. The molecule has 0 aromatic heterocycles. The van der Waals surface area contributed by atoms with Gasteiger partial charge in [0.05, 0.1) is 25.4 Å². The molecule has 1 aliphatic heterocycles. The highest BCUT2D eigenvalue weighted by atomic mass is 16.7. The molecule has 0 aromatic rings. The summed E-state index contributed by atoms with van der Waals surface area (Å²) >= 11 is 0. The van der Waals surface area contributed by atoms with Crippen LogP contribution < -0.4 is 5.32 Å². The summed E-state index contributed by atoms with van der Waals surface area (Å²) in [6.07, 6.45) is 53.8. The molecule has 1 saturated heterocycles. The minimum Gasteiger partial charge on any atom is -0.394 e. The van der Waals surface area contributed by atoms with Gasteiger partial charge in [-0.1, -0.05) is 237 Å². The van der Waals surface area contributed by atoms with Gasteiger partial charge in [0.2, 0.25) is 5.91 Å². The standard InChI is InChI=1S/C57H107NO8/c1-3-5-7-9-11-13-15-16-17-18-19-20-21-22-23-24-25-26-27-28-29-30-31-32-33-34-35-37-39-41-43-45-47-53(61)58-50(49-65-57-56(64)55(63)54(62)52(48-59)66-57)51(60)46-44-42-40-38-36-14-12-10-8-6-4-2/h22-23,36,38,44,46,50-52,54-57,59-60,62-64H,3-21,24-35,37,39-43,45,47-49H2,1-2H3,(H,58,61)/b23-22-,38-36+,46-44+. The molecule has 7 atom stereocenters. The molecule has 1 rings (SSSR count). The molecule has 0 bridgehead atoms. The molecule has 9 nitrogen and oxygen atoms in total. The second-order valence-corrected chi connectivity index (χ2v) is 19.7. The molecule has 1 amide bonds. The third-order valence-corrected chi connectivity index (χ3v) is 13.4. The SMILES string of the molecule is CCCCCCC/C=C/CC/C=C/C(O)C(COC1OC(CO)C(O)C(O)C1O)NC(=O)CCCCCCCCCCCCCCCCCC/C=C\CCCCCCCCCCCCCC. The van der Waals surface area contributed by atoms with Crippen LogP contribution in [-0.2, 0) is 14.3 Å². The van der Waals surface area contributed by atoms with Crippen LogP contribution in [0.25, 0.3) is 0 Å². The van der Waals surface area contributed by atoms with Crippen molar-refractivity contribution in [2.75, 3.05) is 13.2 Å². The monoisotopic (exact) mass is 934 g/mol. The molecule has 1 aliphatic rings. The average Bonchev–Trinajstić information content (AvgIpc) is 3.32. The van der Waals surface area contributed by atoms with Crippen molar-refractivity contribution in [2.24, 2.45) is 0 Å². The van der Waals surface area contributed by atoms with Crippen molar-refractivity contribution >= 4 is 5.91 Å². The van der Waals surface area contributed by atoms with E-state index in [0.29, 0.717) is 6.42 Å². The number of ether oxygens (including phenoxy) is 2. The van der Waals surface area contributed by atoms with Crippen molar-refractivity contribution in [3.8, 4) is 0 Å². The maximum atomic E-state index is 13.0. The summed E-state index contributed by atoms with van der Waals surface area (Å²) in [6.45, 7) is 3.75. The fraction of sp³-hybridized carbons (Fsp3) is 0.877. The molecule has 388 valence electrons. The maximum Gasteiger partial charge on any atom is 0.220 e. The van der Waals surface area contributed by atoms with Crippen LogP contribution >= 0.6 is 0 Å². The molecular weight excluding hydrogens is 827 g/mol. The zero-order chi connectivity index (χ0) is 48.0. The second kappa shape index (κ2) is 47.1. The summed E-state index contributed by atoms with van der Waals surface area (Å²) in [5.41, 5.74) is 0. The van der Waals surface area contributed by atoms with E-state index in [4.69, 9.17) is 9.47 Å². The third kappa shape index (κ3) is 36.4. The van der Waals surface area contributed by atoms with Crippen molar-refractivity contribution < 1.29 is 39.8 Å². The molecule has 7 unspecified atom stereocenters. The van der Waals surface area contributed by atoms with Crippen LogP contribution in [0.5, 0.6) is 0 Å². The van der Waals surface area contributed by atoms with Gasteiger partial charge in [0.25, 0.3) is 0 Å². The van der Waals surface area contributed by atoms with Crippen molar-refractivity contribution in [1.29, 1.82) is 0 Å². The molecule has 66 heavy (non-hydrogen) atoms. The third-order valence-electron chi connectivity index (χ3n) is 13.4. The fourth-order valence-corrected chi connectivity index (χ4v) is 8.93. The number of carbonyl (C=O) groups is 1. The van der Waals surface area contributed by atoms with Gasteiger partial charge in [0.15, 0.2) is 6.29 Å². The van der Waals surface area contributed by atoms with Crippen molar-refractivity contribution in [1.82, 2.24) is 5.32 Å². The number of rotatable bonds is 48. The summed E-state index contributed by atoms with van der Waals surface area (Å²) in [4.78, 5) is 13.0. The van der Waals surface area contributed by atoms with Gasteiger partial charge in [0.1, 0.15) is 24.4 Å². The number of aliphatic hydroxyl groups excluding tert-OH is 5. The van der Waals surface area contributed by atoms with Crippen LogP contribution in [0.2, 0.25) is 0 Å². The van der Waals surface area contributed by atoms with Crippen LogP contribution in [0.4, 0.5) is 0 Å². The molecule has 1 heterocycles. The lowest BCUT2D eigenvalue weighted by Crippen LogP contribution is -2.60. The highest BCUT2D eigenvalue weighted by molar-refractivity contribution is 5.76. The van der Waals surface area contributed by atoms with E-state index in [-0.39, 0.29) is 12.5 Å². The Hall–Kier alpha value is -1.59. The lowest BCUT2D eigenvalue weighted by molar-refractivity contribution is -0.302. The van der Waals surface area contributed by atoms with Gasteiger partial charge in [-0.25, -0.2) is 0 Å². The fourth-order valence-electron chi connectivity index (χ4n) is 8.93. The molecule has 0 saturated carbocycles. The lowest BCUT2D eigenvalue weighted by Gasteiger charge is -2.40. The zero-order valence-electron chi connectivity index (χ0n) is 43.0. The van der Waals surface area contributed by atoms with E-state index in [1.807, 2.05) is 6.08 Å². The summed E-state index contributed by atoms with van der Waals surface area (Å²) in [7, 11) is 0. The number of aliphatic hydroxyl groups is 5. The Bertz CT molecular complexity index is 1130. The summed E-state index contributed by atoms with van der Waals surface area (Å²) < 4.78 is 11.2. The van der Waals surface area contributed by atoms with Crippen molar-refractivity contribution in [3.05, 3.63) is 36.5 Å². The molecule has 0 aromatic carbocycles. The average molecular weight is 934 g/mol. The summed E-state index contributed by atoms with van der Waals surface area (Å²) in [5.74, 6) is -0.185. The Morgan fingerprint density at radius 3 is 1.27 bits per heavy atom. The van der Waals surface area contributed by atoms with Gasteiger partial charge < -0.3 is 40.3 Å². The van der Waals surface area contributed by atoms with E-state index in [9.17, 15) is 30.3 Å². The molecule has 0 spiro atoms. The van der Waals surface area contributed by atoms with Crippen LogP contribution in [0.3, 0.4) is 0 Å². The number of unbranched alkanes of at least 4 members (excludes halogenated alkanes) is 34. The van der Waals surface area contributed by atoms with E-state index in [2.05, 4.69) is 43.5 Å². The van der Waals surface area contributed by atoms with E-state index < -0.39 is 49.5 Å². The quantitative estimate of drug-likeness (QED) is 0.0261. The molecule has 6 N–H and O–H groups in total. The van der Waals surface area contributed by atoms with Gasteiger partial charge in [-0.3, -0.25) is 4.79 Å². The van der Waals surface area contributed by atoms with Gasteiger partial charge in [-0.2, -0.15) is 0 Å². The Balaban J connectivity index is 2.10. The largest absolute Gasteiger partial charge is 0.394 e. The highest BCUT2D eigenvalue weighted by Crippen LogP contribution is 2.23. The smallest absolute Gasteiger partial charge is 0.220 e. The second-order valence-electron chi connectivity index (χ2n) is 19.7. The van der Waals surface area contributed by atoms with E-state index >= 15 is 0 Å². The van der Waals surface area contributed by atoms with Crippen LogP contribution in [0.1, 0.15) is 264 Å². The highest BCUT2D eigenvalue weighted by Gasteiger charge is 2.44. The predicted molar refractivity (Wildman–Crippen MR) is 276 cm³/mol. The first-order chi connectivity index (χ1) is 32.3. The summed E-state index contributed by atoms with van der Waals surface area (Å²) in [5, 5.41) is 54.2. The number of allylic oxidation sites excluding steroid dienone is 5. The first kappa shape index (κ1) is 62.4. The molecule has 0 radical (unpaired) electrons. The Labute approximate surface area is 406 Å². The maximum absolute atomic E-state index is 13.0. The summed E-state index contributed by atoms with van der Waals surface area (Å²) in [6, 6.07) is -0.819. The number of carbonyl (C=O) groups excluding carboxylic acids is 1. The number of hydrogen-bond acceptors (Lipinski definition) is 8. The van der Waals surface area contributed by atoms with E-state index in [1.165, 1.54) is 205 Å². The topological polar surface area (TPSA) is 149 Å². The number of hydrogen-bond donors (Lipinski definition) is 6. The minimum atomic E-state index is -1.57. The van der Waals surface area contributed by atoms with Crippen molar-refractivity contribution in [2.45, 2.75) is 307 Å². The molecule has 0 aliphatic carbocycles. The molecular formula is C57H107NO8. The van der Waals surface area contributed by atoms with E-state index in [1.54, 1.807) is 6.08 Å². The number of amides is 1. The van der Waals surface area contributed by atoms with Gasteiger partial charge in [-0.05, 0) is 57.8 Å². The first-order valence-corrected chi connectivity index (χ1v) is 28.2.